The number of carbonyl (C=O) groups excluding carboxylic acids is 2. The second-order valence-electron chi connectivity index (χ2n) is 5.97. The Morgan fingerprint density at radius 2 is 1.64 bits per heavy atom. The molecule has 0 saturated heterocycles. The fourth-order valence-electron chi connectivity index (χ4n) is 2.58. The number of nitrogens with one attached hydrogen (secondary N) is 3. The van der Waals surface area contributed by atoms with Crippen LogP contribution in [0.4, 0.5) is 0 Å². The number of para-hydroxylation sites is 1. The summed E-state index contributed by atoms with van der Waals surface area (Å²) in [6.45, 7) is -0.281. The molecule has 0 bridgehead atoms. The Balaban J connectivity index is 1.54. The highest BCUT2D eigenvalue weighted by Crippen LogP contribution is 2.21. The van der Waals surface area contributed by atoms with E-state index in [2.05, 4.69) is 15.8 Å². The fraction of sp³-hybridized carbons (Fsp3) is 0.0952. The van der Waals surface area contributed by atoms with Crippen LogP contribution in [0.1, 0.15) is 21.5 Å². The lowest BCUT2D eigenvalue weighted by molar-refractivity contribution is -0.123. The number of hydrazine groups is 1. The van der Waals surface area contributed by atoms with Gasteiger partial charge in [0.2, 0.25) is 0 Å². The van der Waals surface area contributed by atoms with Crippen molar-refractivity contribution in [3.63, 3.8) is 0 Å². The van der Waals surface area contributed by atoms with Crippen molar-refractivity contribution in [3.05, 3.63) is 100.0 Å². The molecule has 0 aliphatic rings. The van der Waals surface area contributed by atoms with Crippen LogP contribution in [-0.4, -0.2) is 23.4 Å². The first-order valence-corrected chi connectivity index (χ1v) is 8.65. The number of pyridine rings is 1. The highest BCUT2D eigenvalue weighted by Gasteiger charge is 2.12. The van der Waals surface area contributed by atoms with Crippen LogP contribution in [0.5, 0.6) is 5.75 Å². The Morgan fingerprint density at radius 3 is 2.43 bits per heavy atom. The maximum atomic E-state index is 12.0. The van der Waals surface area contributed by atoms with E-state index in [1.54, 1.807) is 6.07 Å². The lowest BCUT2D eigenvalue weighted by atomic mass is 10.0. The number of rotatable bonds is 6. The molecule has 2 aromatic carbocycles. The number of hydrogen-bond acceptors (Lipinski definition) is 4. The molecule has 0 aliphatic heterocycles. The standard InChI is InChI=1S/C21H19N3O4/c25-19(23-24-21(27)17-10-6-12-22-20(17)26)14-28-18-11-5-4-9-16(18)13-15-7-2-1-3-8-15/h1-12H,13-14H2,(H,22,26)(H,23,25)(H,24,27). The third-order valence-electron chi connectivity index (χ3n) is 3.95. The topological polar surface area (TPSA) is 100 Å². The Hall–Kier alpha value is -3.87. The van der Waals surface area contributed by atoms with Crippen LogP contribution in [-0.2, 0) is 11.2 Å². The van der Waals surface area contributed by atoms with Crippen molar-refractivity contribution in [3.8, 4) is 5.75 Å². The molecule has 0 fully saturated rings. The first-order valence-electron chi connectivity index (χ1n) is 8.65. The Morgan fingerprint density at radius 1 is 0.893 bits per heavy atom. The summed E-state index contributed by atoms with van der Waals surface area (Å²) in [5, 5.41) is 0. The van der Waals surface area contributed by atoms with Gasteiger partial charge in [0, 0.05) is 12.6 Å². The highest BCUT2D eigenvalue weighted by molar-refractivity contribution is 5.95. The molecule has 2 amide bonds. The second kappa shape index (κ2) is 9.18. The van der Waals surface area contributed by atoms with Gasteiger partial charge in [-0.05, 0) is 29.3 Å². The van der Waals surface area contributed by atoms with Crippen LogP contribution in [0.15, 0.2) is 77.7 Å². The van der Waals surface area contributed by atoms with E-state index in [-0.39, 0.29) is 12.2 Å². The van der Waals surface area contributed by atoms with Crippen LogP contribution in [0.3, 0.4) is 0 Å². The molecule has 0 atom stereocenters. The average Bonchev–Trinajstić information content (AvgIpc) is 2.72. The number of amides is 2. The summed E-state index contributed by atoms with van der Waals surface area (Å²) in [6, 6.07) is 20.2. The van der Waals surface area contributed by atoms with Crippen LogP contribution in [0, 0.1) is 0 Å². The first kappa shape index (κ1) is 18.9. The largest absolute Gasteiger partial charge is 0.483 e. The predicted molar refractivity (Wildman–Crippen MR) is 104 cm³/mol. The number of aromatic nitrogens is 1. The van der Waals surface area contributed by atoms with Crippen molar-refractivity contribution >= 4 is 11.8 Å². The molecule has 0 spiro atoms. The molecule has 0 aliphatic carbocycles. The minimum atomic E-state index is -0.709. The average molecular weight is 377 g/mol. The molecule has 28 heavy (non-hydrogen) atoms. The fourth-order valence-corrected chi connectivity index (χ4v) is 2.58. The molecule has 7 nitrogen and oxygen atoms in total. The lowest BCUT2D eigenvalue weighted by Gasteiger charge is -2.12. The van der Waals surface area contributed by atoms with E-state index in [9.17, 15) is 14.4 Å². The maximum Gasteiger partial charge on any atom is 0.276 e. The molecule has 1 aromatic heterocycles. The van der Waals surface area contributed by atoms with Gasteiger partial charge in [-0.1, -0.05) is 48.5 Å². The molecule has 1 heterocycles. The number of benzene rings is 2. The van der Waals surface area contributed by atoms with E-state index < -0.39 is 17.4 Å². The van der Waals surface area contributed by atoms with Crippen molar-refractivity contribution in [2.24, 2.45) is 0 Å². The van der Waals surface area contributed by atoms with Gasteiger partial charge in [0.25, 0.3) is 17.4 Å². The van der Waals surface area contributed by atoms with E-state index in [4.69, 9.17) is 4.74 Å². The zero-order chi connectivity index (χ0) is 19.8. The summed E-state index contributed by atoms with van der Waals surface area (Å²) in [5.74, 6) is -0.665. The van der Waals surface area contributed by atoms with Gasteiger partial charge in [-0.2, -0.15) is 0 Å². The van der Waals surface area contributed by atoms with Gasteiger partial charge in [0.1, 0.15) is 11.3 Å². The monoisotopic (exact) mass is 377 g/mol. The number of ether oxygens (including phenoxy) is 1. The molecule has 3 rings (SSSR count). The number of carbonyl (C=O) groups is 2. The molecular weight excluding hydrogens is 358 g/mol. The van der Waals surface area contributed by atoms with Gasteiger partial charge < -0.3 is 9.72 Å². The van der Waals surface area contributed by atoms with Crippen LogP contribution >= 0.6 is 0 Å². The SMILES string of the molecule is O=C(COc1ccccc1Cc1ccccc1)NNC(=O)c1ccc[nH]c1=O. The summed E-state index contributed by atoms with van der Waals surface area (Å²) in [5.41, 5.74) is 5.86. The van der Waals surface area contributed by atoms with Crippen LogP contribution in [0.2, 0.25) is 0 Å². The summed E-state index contributed by atoms with van der Waals surface area (Å²) in [6.07, 6.45) is 2.09. The Kier molecular flexibility index (Phi) is 6.20. The molecule has 3 aromatic rings. The van der Waals surface area contributed by atoms with Crippen LogP contribution in [0.25, 0.3) is 0 Å². The van der Waals surface area contributed by atoms with Gasteiger partial charge >= 0.3 is 0 Å². The molecule has 142 valence electrons. The highest BCUT2D eigenvalue weighted by atomic mass is 16.5. The molecule has 0 saturated carbocycles. The predicted octanol–water partition coefficient (Wildman–Crippen LogP) is 1.81. The normalized spacial score (nSPS) is 10.1. The Bertz CT molecular complexity index is 1020. The molecule has 0 unspecified atom stereocenters. The zero-order valence-corrected chi connectivity index (χ0v) is 15.0. The number of hydrogen-bond donors (Lipinski definition) is 3. The zero-order valence-electron chi connectivity index (χ0n) is 15.0. The van der Waals surface area contributed by atoms with E-state index >= 15 is 0 Å². The lowest BCUT2D eigenvalue weighted by Crippen LogP contribution is -2.45. The molecule has 3 N–H and O–H groups in total. The third-order valence-corrected chi connectivity index (χ3v) is 3.95. The van der Waals surface area contributed by atoms with Crippen molar-refractivity contribution in [1.29, 1.82) is 0 Å². The van der Waals surface area contributed by atoms with E-state index in [0.717, 1.165) is 11.1 Å². The van der Waals surface area contributed by atoms with Crippen molar-refractivity contribution in [2.75, 3.05) is 6.61 Å². The van der Waals surface area contributed by atoms with E-state index in [1.165, 1.54) is 18.3 Å². The first-order chi connectivity index (χ1) is 13.6. The van der Waals surface area contributed by atoms with Gasteiger partial charge in [0.15, 0.2) is 6.61 Å². The summed E-state index contributed by atoms with van der Waals surface area (Å²) in [4.78, 5) is 37.8. The summed E-state index contributed by atoms with van der Waals surface area (Å²) >= 11 is 0. The van der Waals surface area contributed by atoms with Gasteiger partial charge in [-0.3, -0.25) is 25.2 Å². The summed E-state index contributed by atoms with van der Waals surface area (Å²) < 4.78 is 5.60. The minimum Gasteiger partial charge on any atom is -0.483 e. The van der Waals surface area contributed by atoms with Crippen molar-refractivity contribution in [2.45, 2.75) is 6.42 Å². The van der Waals surface area contributed by atoms with Gasteiger partial charge in [-0.25, -0.2) is 0 Å². The number of H-pyrrole nitrogens is 1. The second-order valence-corrected chi connectivity index (χ2v) is 5.97. The van der Waals surface area contributed by atoms with E-state index in [1.807, 2.05) is 48.5 Å². The number of aromatic amines is 1. The third kappa shape index (κ3) is 5.07. The Labute approximate surface area is 161 Å². The van der Waals surface area contributed by atoms with E-state index in [0.29, 0.717) is 12.2 Å². The minimum absolute atomic E-state index is 0.100. The van der Waals surface area contributed by atoms with Crippen molar-refractivity contribution < 1.29 is 14.3 Å². The van der Waals surface area contributed by atoms with Gasteiger partial charge in [0.05, 0.1) is 0 Å². The maximum absolute atomic E-state index is 12.0. The van der Waals surface area contributed by atoms with Crippen LogP contribution < -0.4 is 21.1 Å². The smallest absolute Gasteiger partial charge is 0.276 e. The van der Waals surface area contributed by atoms with Crippen molar-refractivity contribution in [1.82, 2.24) is 15.8 Å². The quantitative estimate of drug-likeness (QED) is 0.570. The van der Waals surface area contributed by atoms with Gasteiger partial charge in [-0.15, -0.1) is 0 Å². The molecule has 7 heteroatoms. The summed E-state index contributed by atoms with van der Waals surface area (Å²) in [7, 11) is 0. The molecule has 0 radical (unpaired) electrons. The molecular formula is C21H19N3O4.